The van der Waals surface area contributed by atoms with E-state index >= 15 is 0 Å². The van der Waals surface area contributed by atoms with Crippen LogP contribution >= 0.6 is 11.6 Å². The molecule has 1 aromatic carbocycles. The Morgan fingerprint density at radius 2 is 1.48 bits per heavy atom. The van der Waals surface area contributed by atoms with Crippen LogP contribution in [-0.2, 0) is 13.1 Å². The van der Waals surface area contributed by atoms with Crippen LogP contribution in [0.25, 0.3) is 0 Å². The molecule has 0 fully saturated rings. The number of nitrogens with one attached hydrogen (secondary N) is 3. The number of rotatable bonds is 7. The van der Waals surface area contributed by atoms with Crippen LogP contribution in [0.2, 0.25) is 5.02 Å². The van der Waals surface area contributed by atoms with E-state index in [-0.39, 0.29) is 5.95 Å². The number of nitrogens with zero attached hydrogens (tertiary/aromatic N) is 4. The molecule has 0 aliphatic carbocycles. The molecule has 3 rings (SSSR count). The standard InChI is InChI=1S/C16H16ClN7O/c17-13-3-1-2-12(8-13)10-20-15-21-14(22-16(23-15)24-25)19-9-11-4-6-18-7-5-11/h1-8,25H,9-10H2,(H3,19,20,21,22,23,24). The molecule has 2 heterocycles. The molecule has 3 aromatic rings. The maximum absolute atomic E-state index is 9.11. The number of benzene rings is 1. The third-order valence-corrected chi connectivity index (χ3v) is 3.51. The van der Waals surface area contributed by atoms with E-state index in [0.717, 1.165) is 11.1 Å². The van der Waals surface area contributed by atoms with Crippen molar-refractivity contribution in [3.05, 3.63) is 64.9 Å². The molecule has 0 atom stereocenters. The Bertz CT molecular complexity index is 832. The van der Waals surface area contributed by atoms with Crippen molar-refractivity contribution >= 4 is 29.4 Å². The molecule has 128 valence electrons. The molecule has 8 nitrogen and oxygen atoms in total. The van der Waals surface area contributed by atoms with Crippen LogP contribution in [0.5, 0.6) is 0 Å². The number of halogens is 1. The highest BCUT2D eigenvalue weighted by Gasteiger charge is 2.06. The minimum atomic E-state index is 0.0424. The zero-order chi connectivity index (χ0) is 17.5. The van der Waals surface area contributed by atoms with Gasteiger partial charge in [0.05, 0.1) is 0 Å². The molecular weight excluding hydrogens is 342 g/mol. The lowest BCUT2D eigenvalue weighted by Crippen LogP contribution is -2.11. The van der Waals surface area contributed by atoms with Gasteiger partial charge in [-0.3, -0.25) is 10.2 Å². The van der Waals surface area contributed by atoms with Crippen molar-refractivity contribution in [2.45, 2.75) is 13.1 Å². The Morgan fingerprint density at radius 1 is 0.840 bits per heavy atom. The van der Waals surface area contributed by atoms with Gasteiger partial charge in [0.15, 0.2) is 0 Å². The molecule has 0 radical (unpaired) electrons. The summed E-state index contributed by atoms with van der Waals surface area (Å²) in [5.41, 5.74) is 3.95. The summed E-state index contributed by atoms with van der Waals surface area (Å²) in [6.45, 7) is 1.00. The Kier molecular flexibility index (Phi) is 5.55. The summed E-state index contributed by atoms with van der Waals surface area (Å²) in [6, 6.07) is 11.2. The molecule has 0 saturated heterocycles. The fraction of sp³-hybridized carbons (Fsp3) is 0.125. The fourth-order valence-corrected chi connectivity index (χ4v) is 2.31. The van der Waals surface area contributed by atoms with Crippen molar-refractivity contribution in [3.8, 4) is 0 Å². The molecular formula is C16H16ClN7O. The van der Waals surface area contributed by atoms with E-state index in [1.54, 1.807) is 12.4 Å². The Hall–Kier alpha value is -2.97. The molecule has 0 bridgehead atoms. The van der Waals surface area contributed by atoms with Crippen LogP contribution in [0.15, 0.2) is 48.8 Å². The van der Waals surface area contributed by atoms with Crippen LogP contribution in [0, 0.1) is 0 Å². The molecule has 9 heteroatoms. The normalized spacial score (nSPS) is 10.3. The molecule has 4 N–H and O–H groups in total. The molecule has 25 heavy (non-hydrogen) atoms. The Balaban J connectivity index is 1.68. The highest BCUT2D eigenvalue weighted by Crippen LogP contribution is 2.14. The van der Waals surface area contributed by atoms with Crippen molar-refractivity contribution in [1.29, 1.82) is 0 Å². The van der Waals surface area contributed by atoms with E-state index < -0.39 is 0 Å². The first-order chi connectivity index (χ1) is 12.2. The summed E-state index contributed by atoms with van der Waals surface area (Å²) in [5.74, 6) is 0.696. The second-order valence-corrected chi connectivity index (χ2v) is 5.55. The number of aromatic nitrogens is 4. The van der Waals surface area contributed by atoms with Gasteiger partial charge in [0.1, 0.15) is 0 Å². The lowest BCUT2D eigenvalue weighted by Gasteiger charge is -2.10. The minimum Gasteiger partial charge on any atom is -0.350 e. The predicted molar refractivity (Wildman–Crippen MR) is 95.6 cm³/mol. The SMILES string of the molecule is ONc1nc(NCc2ccncc2)nc(NCc2cccc(Cl)c2)n1. The van der Waals surface area contributed by atoms with Crippen LogP contribution in [0.3, 0.4) is 0 Å². The van der Waals surface area contributed by atoms with Gasteiger partial charge in [-0.2, -0.15) is 15.0 Å². The number of anilines is 3. The van der Waals surface area contributed by atoms with E-state index in [2.05, 4.69) is 30.6 Å². The average Bonchev–Trinajstić information content (AvgIpc) is 2.65. The van der Waals surface area contributed by atoms with Gasteiger partial charge in [-0.25, -0.2) is 5.48 Å². The molecule has 0 aliphatic rings. The number of hydrogen-bond donors (Lipinski definition) is 4. The summed E-state index contributed by atoms with van der Waals surface area (Å²) in [7, 11) is 0. The topological polar surface area (TPSA) is 108 Å². The predicted octanol–water partition coefficient (Wildman–Crippen LogP) is 2.95. The van der Waals surface area contributed by atoms with Crippen molar-refractivity contribution in [1.82, 2.24) is 19.9 Å². The lowest BCUT2D eigenvalue weighted by atomic mass is 10.2. The first-order valence-electron chi connectivity index (χ1n) is 7.50. The largest absolute Gasteiger partial charge is 0.350 e. The summed E-state index contributed by atoms with van der Waals surface area (Å²) in [5, 5.41) is 15.9. The van der Waals surface area contributed by atoms with Gasteiger partial charge in [-0.15, -0.1) is 0 Å². The van der Waals surface area contributed by atoms with Crippen LogP contribution in [0.4, 0.5) is 17.8 Å². The van der Waals surface area contributed by atoms with Crippen molar-refractivity contribution in [2.24, 2.45) is 0 Å². The van der Waals surface area contributed by atoms with Crippen molar-refractivity contribution < 1.29 is 5.21 Å². The van der Waals surface area contributed by atoms with E-state index in [1.165, 1.54) is 0 Å². The van der Waals surface area contributed by atoms with Crippen LogP contribution < -0.4 is 16.1 Å². The van der Waals surface area contributed by atoms with Gasteiger partial charge in [0.2, 0.25) is 11.9 Å². The van der Waals surface area contributed by atoms with Gasteiger partial charge >= 0.3 is 0 Å². The lowest BCUT2D eigenvalue weighted by molar-refractivity contribution is 0.382. The van der Waals surface area contributed by atoms with Crippen molar-refractivity contribution in [2.75, 3.05) is 16.1 Å². The minimum absolute atomic E-state index is 0.0424. The number of hydrogen-bond acceptors (Lipinski definition) is 8. The second kappa shape index (κ2) is 8.22. The van der Waals surface area contributed by atoms with E-state index in [4.69, 9.17) is 16.8 Å². The molecule has 0 amide bonds. The van der Waals surface area contributed by atoms with Gasteiger partial charge in [-0.1, -0.05) is 23.7 Å². The summed E-state index contributed by atoms with van der Waals surface area (Å²) in [6.07, 6.45) is 3.42. The second-order valence-electron chi connectivity index (χ2n) is 5.11. The molecule has 0 saturated carbocycles. The van der Waals surface area contributed by atoms with Gasteiger partial charge in [-0.05, 0) is 35.4 Å². The highest BCUT2D eigenvalue weighted by molar-refractivity contribution is 6.30. The highest BCUT2D eigenvalue weighted by atomic mass is 35.5. The summed E-state index contributed by atoms with van der Waals surface area (Å²) in [4.78, 5) is 16.4. The van der Waals surface area contributed by atoms with Gasteiger partial charge in [0, 0.05) is 30.5 Å². The van der Waals surface area contributed by atoms with Crippen LogP contribution in [0.1, 0.15) is 11.1 Å². The smallest absolute Gasteiger partial charge is 0.253 e. The summed E-state index contributed by atoms with van der Waals surface area (Å²) < 4.78 is 0. The average molecular weight is 358 g/mol. The molecule has 0 unspecified atom stereocenters. The quantitative estimate of drug-likeness (QED) is 0.478. The molecule has 0 spiro atoms. The van der Waals surface area contributed by atoms with E-state index in [9.17, 15) is 0 Å². The maximum atomic E-state index is 9.11. The van der Waals surface area contributed by atoms with E-state index in [1.807, 2.05) is 41.9 Å². The molecule has 0 aliphatic heterocycles. The van der Waals surface area contributed by atoms with Crippen LogP contribution in [-0.4, -0.2) is 25.1 Å². The number of pyridine rings is 1. The third-order valence-electron chi connectivity index (χ3n) is 3.28. The first kappa shape index (κ1) is 16.9. The zero-order valence-electron chi connectivity index (χ0n) is 13.1. The first-order valence-corrected chi connectivity index (χ1v) is 7.88. The van der Waals surface area contributed by atoms with E-state index in [0.29, 0.717) is 30.0 Å². The third kappa shape index (κ3) is 5.00. The van der Waals surface area contributed by atoms with Gasteiger partial charge in [0.25, 0.3) is 5.95 Å². The maximum Gasteiger partial charge on any atom is 0.253 e. The van der Waals surface area contributed by atoms with Crippen molar-refractivity contribution in [3.63, 3.8) is 0 Å². The molecule has 2 aromatic heterocycles. The fourth-order valence-electron chi connectivity index (χ4n) is 2.09. The Morgan fingerprint density at radius 3 is 2.12 bits per heavy atom. The Labute approximate surface area is 149 Å². The zero-order valence-corrected chi connectivity index (χ0v) is 13.9. The van der Waals surface area contributed by atoms with Gasteiger partial charge < -0.3 is 10.6 Å². The summed E-state index contributed by atoms with van der Waals surface area (Å²) >= 11 is 5.97. The monoisotopic (exact) mass is 357 g/mol.